The van der Waals surface area contributed by atoms with Crippen LogP contribution in [0.15, 0.2) is 48.5 Å². The summed E-state index contributed by atoms with van der Waals surface area (Å²) in [6, 6.07) is 14.3. The number of hydrogen-bond acceptors (Lipinski definition) is 3. The Morgan fingerprint density at radius 1 is 0.722 bits per heavy atom. The molecule has 0 bridgehead atoms. The molecule has 0 amide bonds. The molecule has 3 rings (SSSR count). The Hall–Kier alpha value is -2.00. The lowest BCUT2D eigenvalue weighted by Gasteiger charge is -2.02. The summed E-state index contributed by atoms with van der Waals surface area (Å²) in [6.45, 7) is 2.00. The predicted octanol–water partition coefficient (Wildman–Crippen LogP) is 2.71. The van der Waals surface area contributed by atoms with E-state index >= 15 is 0 Å². The van der Waals surface area contributed by atoms with Crippen LogP contribution in [0.3, 0.4) is 0 Å². The van der Waals surface area contributed by atoms with E-state index in [1.807, 2.05) is 24.3 Å². The summed E-state index contributed by atoms with van der Waals surface area (Å²) in [5.74, 6) is 0.564. The molecule has 2 N–H and O–H groups in total. The molecule has 0 unspecified atom stereocenters. The number of phenols is 2. The van der Waals surface area contributed by atoms with Crippen LogP contribution in [0.2, 0.25) is 0 Å². The molecule has 1 heterocycles. The first kappa shape index (κ1) is 12.5. The summed E-state index contributed by atoms with van der Waals surface area (Å²) in [5.41, 5.74) is 2.27. The van der Waals surface area contributed by atoms with Crippen LogP contribution in [0.1, 0.15) is 11.1 Å². The maximum absolute atomic E-state index is 9.13. The van der Waals surface area contributed by atoms with Gasteiger partial charge in [0.25, 0.3) is 0 Å². The topological polar surface area (TPSA) is 53.0 Å². The van der Waals surface area contributed by atoms with Gasteiger partial charge in [0, 0.05) is 0 Å². The van der Waals surface area contributed by atoms with Crippen molar-refractivity contribution in [3.63, 3.8) is 0 Å². The highest BCUT2D eigenvalue weighted by Crippen LogP contribution is 2.15. The lowest BCUT2D eigenvalue weighted by atomic mass is 10.1. The maximum Gasteiger partial charge on any atom is 0.115 e. The highest BCUT2D eigenvalue weighted by atomic mass is 16.6. The molecule has 1 aliphatic heterocycles. The van der Waals surface area contributed by atoms with Gasteiger partial charge in [0.1, 0.15) is 11.5 Å². The van der Waals surface area contributed by atoms with Gasteiger partial charge in [-0.3, -0.25) is 0 Å². The molecule has 0 aliphatic carbocycles. The van der Waals surface area contributed by atoms with Crippen molar-refractivity contribution < 1.29 is 14.9 Å². The zero-order valence-electron chi connectivity index (χ0n) is 10.0. The van der Waals surface area contributed by atoms with Gasteiger partial charge in [-0.1, -0.05) is 24.3 Å². The molecule has 1 fully saturated rings. The van der Waals surface area contributed by atoms with E-state index < -0.39 is 0 Å². The summed E-state index contributed by atoms with van der Waals surface area (Å²) >= 11 is 0. The molecule has 3 heteroatoms. The highest BCUT2D eigenvalue weighted by molar-refractivity contribution is 5.32. The molecular formula is C15H16O3. The average Bonchev–Trinajstić information content (AvgIpc) is 3.23. The molecular weight excluding hydrogens is 228 g/mol. The third-order valence-corrected chi connectivity index (χ3v) is 2.49. The van der Waals surface area contributed by atoms with Gasteiger partial charge in [-0.15, -0.1) is 0 Å². The van der Waals surface area contributed by atoms with Gasteiger partial charge < -0.3 is 14.9 Å². The van der Waals surface area contributed by atoms with E-state index in [0.717, 1.165) is 30.8 Å². The fourth-order valence-corrected chi connectivity index (χ4v) is 1.46. The lowest BCUT2D eigenvalue weighted by molar-refractivity contribution is 0.475. The summed E-state index contributed by atoms with van der Waals surface area (Å²) < 4.78 is 4.50. The maximum atomic E-state index is 9.13. The molecule has 1 aliphatic rings. The van der Waals surface area contributed by atoms with Crippen molar-refractivity contribution >= 4 is 0 Å². The second-order valence-corrected chi connectivity index (χ2v) is 4.12. The van der Waals surface area contributed by atoms with Gasteiger partial charge in [-0.2, -0.15) is 0 Å². The third-order valence-electron chi connectivity index (χ3n) is 2.49. The van der Waals surface area contributed by atoms with Crippen molar-refractivity contribution in [2.24, 2.45) is 0 Å². The van der Waals surface area contributed by atoms with Crippen molar-refractivity contribution in [1.29, 1.82) is 0 Å². The van der Waals surface area contributed by atoms with Crippen LogP contribution in [0.25, 0.3) is 0 Å². The Morgan fingerprint density at radius 2 is 1.06 bits per heavy atom. The van der Waals surface area contributed by atoms with Crippen molar-refractivity contribution in [2.45, 2.75) is 6.42 Å². The Morgan fingerprint density at radius 3 is 1.33 bits per heavy atom. The van der Waals surface area contributed by atoms with Crippen LogP contribution in [0.5, 0.6) is 11.5 Å². The van der Waals surface area contributed by atoms with E-state index in [4.69, 9.17) is 10.2 Å². The van der Waals surface area contributed by atoms with E-state index in [0.29, 0.717) is 0 Å². The molecule has 94 valence electrons. The van der Waals surface area contributed by atoms with Gasteiger partial charge in [0.05, 0.1) is 13.2 Å². The monoisotopic (exact) mass is 244 g/mol. The normalized spacial score (nSPS) is 12.4. The Bertz CT molecular complexity index is 426. The first-order valence-corrected chi connectivity index (χ1v) is 5.87. The number of epoxide rings is 1. The smallest absolute Gasteiger partial charge is 0.115 e. The van der Waals surface area contributed by atoms with Crippen LogP contribution < -0.4 is 0 Å². The predicted molar refractivity (Wildman–Crippen MR) is 69.8 cm³/mol. The Labute approximate surface area is 106 Å². The van der Waals surface area contributed by atoms with E-state index in [1.54, 1.807) is 24.3 Å². The largest absolute Gasteiger partial charge is 0.508 e. The average molecular weight is 244 g/mol. The fourth-order valence-electron chi connectivity index (χ4n) is 1.46. The zero-order valence-corrected chi connectivity index (χ0v) is 10.0. The van der Waals surface area contributed by atoms with Crippen LogP contribution in [-0.2, 0) is 11.2 Å². The minimum absolute atomic E-state index is 0.282. The summed E-state index contributed by atoms with van der Waals surface area (Å²) in [7, 11) is 0. The molecule has 2 aromatic rings. The molecule has 0 spiro atoms. The van der Waals surface area contributed by atoms with E-state index in [-0.39, 0.29) is 11.5 Å². The minimum atomic E-state index is 0.282. The van der Waals surface area contributed by atoms with Crippen molar-refractivity contribution in [3.8, 4) is 11.5 Å². The first-order valence-electron chi connectivity index (χ1n) is 5.87. The number of ether oxygens (including phenoxy) is 1. The second-order valence-electron chi connectivity index (χ2n) is 4.12. The fraction of sp³-hybridized carbons (Fsp3) is 0.200. The summed E-state index contributed by atoms with van der Waals surface area (Å²) in [6.07, 6.45) is 0.806. The van der Waals surface area contributed by atoms with Crippen molar-refractivity contribution in [3.05, 3.63) is 59.7 Å². The Kier molecular flexibility index (Phi) is 4.20. The van der Waals surface area contributed by atoms with Gasteiger partial charge in [0.15, 0.2) is 0 Å². The Balaban J connectivity index is 0.000000350. The molecule has 0 radical (unpaired) electrons. The van der Waals surface area contributed by atoms with Crippen molar-refractivity contribution in [2.75, 3.05) is 13.2 Å². The number of benzene rings is 2. The van der Waals surface area contributed by atoms with E-state index in [9.17, 15) is 0 Å². The zero-order chi connectivity index (χ0) is 12.8. The minimum Gasteiger partial charge on any atom is -0.508 e. The summed E-state index contributed by atoms with van der Waals surface area (Å²) in [5, 5.41) is 18.3. The molecule has 2 aromatic carbocycles. The molecule has 18 heavy (non-hydrogen) atoms. The quantitative estimate of drug-likeness (QED) is 0.799. The molecule has 3 nitrogen and oxygen atoms in total. The molecule has 0 saturated carbocycles. The van der Waals surface area contributed by atoms with Crippen LogP contribution in [-0.4, -0.2) is 23.4 Å². The van der Waals surface area contributed by atoms with Gasteiger partial charge in [0.2, 0.25) is 0 Å². The molecule has 0 atom stereocenters. The van der Waals surface area contributed by atoms with E-state index in [2.05, 4.69) is 4.74 Å². The van der Waals surface area contributed by atoms with Gasteiger partial charge in [-0.25, -0.2) is 0 Å². The molecule has 1 saturated heterocycles. The standard InChI is InChI=1S/C13H12O2.C2H4O/c14-12-5-1-10(2-6-12)9-11-3-7-13(15)8-4-11;1-2-3-1/h1-8,14-15H,9H2;1-2H2. The van der Waals surface area contributed by atoms with Crippen LogP contribution >= 0.6 is 0 Å². The van der Waals surface area contributed by atoms with Crippen LogP contribution in [0.4, 0.5) is 0 Å². The van der Waals surface area contributed by atoms with E-state index in [1.165, 1.54) is 0 Å². The first-order chi connectivity index (χ1) is 8.74. The second kappa shape index (κ2) is 6.07. The summed E-state index contributed by atoms with van der Waals surface area (Å²) in [4.78, 5) is 0. The van der Waals surface area contributed by atoms with Gasteiger partial charge in [-0.05, 0) is 41.8 Å². The number of phenolic OH excluding ortho intramolecular Hbond substituents is 2. The lowest BCUT2D eigenvalue weighted by Crippen LogP contribution is -1.86. The van der Waals surface area contributed by atoms with Crippen LogP contribution in [0, 0.1) is 0 Å². The number of aromatic hydroxyl groups is 2. The SMILES string of the molecule is C1CO1.Oc1ccc(Cc2ccc(O)cc2)cc1. The van der Waals surface area contributed by atoms with Crippen molar-refractivity contribution in [1.82, 2.24) is 0 Å². The molecule has 0 aromatic heterocycles. The van der Waals surface area contributed by atoms with Gasteiger partial charge >= 0.3 is 0 Å². The number of hydrogen-bond donors (Lipinski definition) is 2. The highest BCUT2D eigenvalue weighted by Gasteiger charge is 1.96. The third kappa shape index (κ3) is 4.47. The number of rotatable bonds is 2.